The fraction of sp³-hybridized carbons (Fsp3) is 0.294. The number of hydrogen-bond acceptors (Lipinski definition) is 1. The molecular formula is C17H20FN. The minimum absolute atomic E-state index is 0.211. The molecule has 0 aliphatic rings. The van der Waals surface area contributed by atoms with Crippen LogP contribution in [0, 0.1) is 26.6 Å². The molecule has 0 radical (unpaired) electrons. The molecule has 0 aliphatic carbocycles. The van der Waals surface area contributed by atoms with Gasteiger partial charge in [0, 0.05) is 11.6 Å². The van der Waals surface area contributed by atoms with E-state index in [2.05, 4.69) is 32.0 Å². The summed E-state index contributed by atoms with van der Waals surface area (Å²) in [5.41, 5.74) is 11.2. The van der Waals surface area contributed by atoms with Crippen LogP contribution in [0.15, 0.2) is 36.4 Å². The summed E-state index contributed by atoms with van der Waals surface area (Å²) < 4.78 is 13.9. The summed E-state index contributed by atoms with van der Waals surface area (Å²) in [6.07, 6.45) is 0.655. The quantitative estimate of drug-likeness (QED) is 0.884. The van der Waals surface area contributed by atoms with Gasteiger partial charge in [0.1, 0.15) is 5.82 Å². The molecule has 0 spiro atoms. The molecule has 19 heavy (non-hydrogen) atoms. The second-order valence-electron chi connectivity index (χ2n) is 5.33. The van der Waals surface area contributed by atoms with Crippen molar-refractivity contribution in [3.05, 3.63) is 70.0 Å². The lowest BCUT2D eigenvalue weighted by atomic mass is 9.96. The largest absolute Gasteiger partial charge is 0.324 e. The van der Waals surface area contributed by atoms with Gasteiger partial charge in [0.25, 0.3) is 0 Å². The van der Waals surface area contributed by atoms with E-state index < -0.39 is 0 Å². The molecule has 2 aromatic carbocycles. The Morgan fingerprint density at radius 1 is 0.947 bits per heavy atom. The number of nitrogens with two attached hydrogens (primary N) is 1. The van der Waals surface area contributed by atoms with Gasteiger partial charge in [-0.1, -0.05) is 41.5 Å². The van der Waals surface area contributed by atoms with E-state index in [0.29, 0.717) is 12.0 Å². The number of rotatable bonds is 3. The highest BCUT2D eigenvalue weighted by molar-refractivity contribution is 5.32. The van der Waals surface area contributed by atoms with Crippen molar-refractivity contribution >= 4 is 0 Å². The van der Waals surface area contributed by atoms with Crippen molar-refractivity contribution in [1.82, 2.24) is 0 Å². The van der Waals surface area contributed by atoms with Gasteiger partial charge in [-0.25, -0.2) is 4.39 Å². The Kier molecular flexibility index (Phi) is 4.01. The lowest BCUT2D eigenvalue weighted by Crippen LogP contribution is -2.15. The van der Waals surface area contributed by atoms with Crippen molar-refractivity contribution in [3.63, 3.8) is 0 Å². The van der Waals surface area contributed by atoms with Crippen LogP contribution in [0.1, 0.15) is 33.9 Å². The fourth-order valence-corrected chi connectivity index (χ4v) is 2.48. The standard InChI is InChI=1S/C17H20FN/c1-11-4-5-15(16(18)9-11)17(19)10-14-7-12(2)6-13(3)8-14/h4-9,17H,10,19H2,1-3H3. The Balaban J connectivity index is 2.22. The Morgan fingerprint density at radius 3 is 2.16 bits per heavy atom. The molecule has 0 aliphatic heterocycles. The summed E-state index contributed by atoms with van der Waals surface area (Å²) >= 11 is 0. The van der Waals surface area contributed by atoms with Crippen molar-refractivity contribution in [2.75, 3.05) is 0 Å². The smallest absolute Gasteiger partial charge is 0.128 e. The molecule has 1 atom stereocenters. The topological polar surface area (TPSA) is 26.0 Å². The molecule has 0 aromatic heterocycles. The molecule has 2 heteroatoms. The van der Waals surface area contributed by atoms with Gasteiger partial charge < -0.3 is 5.73 Å². The number of aryl methyl sites for hydroxylation is 3. The van der Waals surface area contributed by atoms with E-state index in [4.69, 9.17) is 5.73 Å². The molecule has 0 fully saturated rings. The highest BCUT2D eigenvalue weighted by Crippen LogP contribution is 2.21. The van der Waals surface area contributed by atoms with Gasteiger partial charge in [-0.2, -0.15) is 0 Å². The van der Waals surface area contributed by atoms with E-state index >= 15 is 0 Å². The number of halogens is 1. The Hall–Kier alpha value is -1.67. The zero-order valence-corrected chi connectivity index (χ0v) is 11.7. The van der Waals surface area contributed by atoms with E-state index in [1.54, 1.807) is 6.07 Å². The number of hydrogen-bond donors (Lipinski definition) is 1. The average molecular weight is 257 g/mol. The van der Waals surface area contributed by atoms with Gasteiger partial charge in [-0.15, -0.1) is 0 Å². The molecule has 1 nitrogen and oxygen atoms in total. The van der Waals surface area contributed by atoms with Crippen molar-refractivity contribution < 1.29 is 4.39 Å². The maximum Gasteiger partial charge on any atom is 0.128 e. The third-order valence-electron chi connectivity index (χ3n) is 3.29. The molecule has 100 valence electrons. The molecule has 1 unspecified atom stereocenters. The molecule has 2 rings (SSSR count). The maximum atomic E-state index is 13.9. The summed E-state index contributed by atoms with van der Waals surface area (Å²) in [5, 5.41) is 0. The predicted molar refractivity (Wildman–Crippen MR) is 77.7 cm³/mol. The zero-order chi connectivity index (χ0) is 14.0. The number of benzene rings is 2. The minimum atomic E-state index is -0.304. The van der Waals surface area contributed by atoms with Crippen LogP contribution in [-0.2, 0) is 6.42 Å². The van der Waals surface area contributed by atoms with Crippen molar-refractivity contribution in [2.45, 2.75) is 33.2 Å². The van der Waals surface area contributed by atoms with Crippen LogP contribution in [0.5, 0.6) is 0 Å². The molecular weight excluding hydrogens is 237 g/mol. The minimum Gasteiger partial charge on any atom is -0.324 e. The van der Waals surface area contributed by atoms with Gasteiger partial charge >= 0.3 is 0 Å². The normalized spacial score (nSPS) is 12.5. The molecule has 0 bridgehead atoms. The summed E-state index contributed by atoms with van der Waals surface area (Å²) in [7, 11) is 0. The second kappa shape index (κ2) is 5.54. The highest BCUT2D eigenvalue weighted by Gasteiger charge is 2.12. The van der Waals surface area contributed by atoms with Crippen LogP contribution in [0.4, 0.5) is 4.39 Å². The first kappa shape index (κ1) is 13.8. The summed E-state index contributed by atoms with van der Waals surface area (Å²) in [4.78, 5) is 0. The van der Waals surface area contributed by atoms with Crippen LogP contribution in [0.25, 0.3) is 0 Å². The van der Waals surface area contributed by atoms with Gasteiger partial charge in [-0.3, -0.25) is 0 Å². The monoisotopic (exact) mass is 257 g/mol. The van der Waals surface area contributed by atoms with Crippen LogP contribution >= 0.6 is 0 Å². The van der Waals surface area contributed by atoms with Crippen molar-refractivity contribution in [1.29, 1.82) is 0 Å². The molecule has 2 aromatic rings. The van der Waals surface area contributed by atoms with E-state index in [1.165, 1.54) is 17.2 Å². The first-order chi connectivity index (χ1) is 8.95. The molecule has 0 amide bonds. The van der Waals surface area contributed by atoms with Gasteiger partial charge in [0.15, 0.2) is 0 Å². The summed E-state index contributed by atoms with van der Waals surface area (Å²) in [6, 6.07) is 11.3. The van der Waals surface area contributed by atoms with Crippen LogP contribution in [0.2, 0.25) is 0 Å². The molecule has 0 saturated carbocycles. The van der Waals surface area contributed by atoms with Crippen LogP contribution in [-0.4, -0.2) is 0 Å². The lowest BCUT2D eigenvalue weighted by molar-refractivity contribution is 0.579. The maximum absolute atomic E-state index is 13.9. The van der Waals surface area contributed by atoms with Gasteiger partial charge in [0.05, 0.1) is 0 Å². The van der Waals surface area contributed by atoms with Crippen molar-refractivity contribution in [3.8, 4) is 0 Å². The Labute approximate surface area is 114 Å². The van der Waals surface area contributed by atoms with E-state index in [-0.39, 0.29) is 11.9 Å². The first-order valence-electron chi connectivity index (χ1n) is 6.54. The van der Waals surface area contributed by atoms with Gasteiger partial charge in [0.2, 0.25) is 0 Å². The third-order valence-corrected chi connectivity index (χ3v) is 3.29. The molecule has 0 heterocycles. The molecule has 2 N–H and O–H groups in total. The summed E-state index contributed by atoms with van der Waals surface area (Å²) in [5.74, 6) is -0.211. The lowest BCUT2D eigenvalue weighted by Gasteiger charge is -2.14. The van der Waals surface area contributed by atoms with Gasteiger partial charge in [-0.05, 0) is 44.4 Å². The third kappa shape index (κ3) is 3.42. The average Bonchev–Trinajstić information content (AvgIpc) is 2.26. The van der Waals surface area contributed by atoms with Crippen LogP contribution in [0.3, 0.4) is 0 Å². The first-order valence-corrected chi connectivity index (χ1v) is 6.54. The van der Waals surface area contributed by atoms with E-state index in [0.717, 1.165) is 11.1 Å². The summed E-state index contributed by atoms with van der Waals surface area (Å²) in [6.45, 7) is 6.01. The van der Waals surface area contributed by atoms with Crippen molar-refractivity contribution in [2.24, 2.45) is 5.73 Å². The van der Waals surface area contributed by atoms with Crippen LogP contribution < -0.4 is 5.73 Å². The van der Waals surface area contributed by atoms with E-state index in [9.17, 15) is 4.39 Å². The predicted octanol–water partition coefficient (Wildman–Crippen LogP) is 3.99. The highest BCUT2D eigenvalue weighted by atomic mass is 19.1. The SMILES string of the molecule is Cc1cc(C)cc(CC(N)c2ccc(C)cc2F)c1. The zero-order valence-electron chi connectivity index (χ0n) is 11.7. The molecule has 0 saturated heterocycles. The Bertz CT molecular complexity index is 570. The Morgan fingerprint density at radius 2 is 1.58 bits per heavy atom. The fourth-order valence-electron chi connectivity index (χ4n) is 2.48. The second-order valence-corrected chi connectivity index (χ2v) is 5.33. The van der Waals surface area contributed by atoms with E-state index in [1.807, 2.05) is 13.0 Å².